The Morgan fingerprint density at radius 3 is 2.43 bits per heavy atom. The van der Waals surface area contributed by atoms with E-state index < -0.39 is 17.1 Å². The fourth-order valence-corrected chi connectivity index (χ4v) is 5.43. The van der Waals surface area contributed by atoms with Crippen molar-refractivity contribution in [1.29, 1.82) is 0 Å². The van der Waals surface area contributed by atoms with Crippen molar-refractivity contribution >= 4 is 63.2 Å². The van der Waals surface area contributed by atoms with Crippen molar-refractivity contribution in [1.82, 2.24) is 4.90 Å². The van der Waals surface area contributed by atoms with Gasteiger partial charge in [0.25, 0.3) is 11.1 Å². The summed E-state index contributed by atoms with van der Waals surface area (Å²) in [6.07, 6.45) is 1.62. The molecule has 190 valence electrons. The van der Waals surface area contributed by atoms with Gasteiger partial charge >= 0.3 is 0 Å². The number of carbonyl (C=O) groups excluding carboxylic acids is 3. The van der Waals surface area contributed by atoms with E-state index in [4.69, 9.17) is 9.47 Å². The third kappa shape index (κ3) is 6.34. The molecule has 0 saturated carbocycles. The lowest BCUT2D eigenvalue weighted by atomic mass is 10.1. The molecule has 1 N–H and O–H groups in total. The van der Waals surface area contributed by atoms with Gasteiger partial charge in [-0.1, -0.05) is 48.5 Å². The molecule has 0 aromatic heterocycles. The molecule has 7 nitrogen and oxygen atoms in total. The van der Waals surface area contributed by atoms with Crippen LogP contribution in [-0.2, 0) is 16.2 Å². The van der Waals surface area contributed by atoms with Crippen molar-refractivity contribution in [3.63, 3.8) is 0 Å². The first kappa shape index (κ1) is 26.7. The third-order valence-corrected chi connectivity index (χ3v) is 7.41. The van der Waals surface area contributed by atoms with Gasteiger partial charge in [0.15, 0.2) is 11.5 Å². The van der Waals surface area contributed by atoms with Crippen molar-refractivity contribution in [3.8, 4) is 11.5 Å². The summed E-state index contributed by atoms with van der Waals surface area (Å²) in [4.78, 5) is 39.4. The molecule has 0 bridgehead atoms. The molecule has 3 aromatic rings. The largest absolute Gasteiger partial charge is 0.493 e. The molecule has 3 amide bonds. The van der Waals surface area contributed by atoms with Gasteiger partial charge in [0.05, 0.1) is 15.6 Å². The van der Waals surface area contributed by atoms with E-state index >= 15 is 0 Å². The lowest BCUT2D eigenvalue weighted by Gasteiger charge is -2.15. The van der Waals surface area contributed by atoms with Gasteiger partial charge in [0.2, 0.25) is 5.91 Å². The van der Waals surface area contributed by atoms with E-state index in [0.29, 0.717) is 29.4 Å². The Morgan fingerprint density at radius 2 is 1.76 bits per heavy atom. The Hall–Kier alpha value is -3.31. The molecule has 1 saturated heterocycles. The number of imide groups is 1. The number of anilines is 1. The molecule has 1 aliphatic rings. The summed E-state index contributed by atoms with van der Waals surface area (Å²) in [5.41, 5.74) is 4.20. The van der Waals surface area contributed by atoms with E-state index in [-0.39, 0.29) is 11.4 Å². The summed E-state index contributed by atoms with van der Waals surface area (Å²) in [6, 6.07) is 19.1. The van der Waals surface area contributed by atoms with Crippen LogP contribution >= 0.6 is 34.4 Å². The number of para-hydroxylation sites is 1. The number of hydrogen-bond acceptors (Lipinski definition) is 6. The van der Waals surface area contributed by atoms with Gasteiger partial charge < -0.3 is 14.8 Å². The Kier molecular flexibility index (Phi) is 8.55. The summed E-state index contributed by atoms with van der Waals surface area (Å²) >= 11 is 2.96. The summed E-state index contributed by atoms with van der Waals surface area (Å²) < 4.78 is 12.3. The van der Waals surface area contributed by atoms with Crippen LogP contribution in [0.4, 0.5) is 10.5 Å². The first-order chi connectivity index (χ1) is 17.8. The van der Waals surface area contributed by atoms with E-state index in [0.717, 1.165) is 36.9 Å². The minimum atomic E-state index is -0.509. The number of methoxy groups -OCH3 is 1. The highest BCUT2D eigenvalue weighted by molar-refractivity contribution is 14.1. The number of halogens is 1. The average Bonchev–Trinajstić information content (AvgIpc) is 3.13. The Balaban J connectivity index is 1.48. The second-order valence-electron chi connectivity index (χ2n) is 8.39. The quantitative estimate of drug-likeness (QED) is 0.237. The van der Waals surface area contributed by atoms with Gasteiger partial charge in [-0.05, 0) is 88.7 Å². The van der Waals surface area contributed by atoms with Gasteiger partial charge in [-0.15, -0.1) is 0 Å². The number of nitrogens with one attached hydrogen (secondary N) is 1. The van der Waals surface area contributed by atoms with Gasteiger partial charge in [-0.3, -0.25) is 19.3 Å². The molecule has 9 heteroatoms. The minimum absolute atomic E-state index is 0.237. The first-order valence-corrected chi connectivity index (χ1v) is 13.3. The molecule has 0 unspecified atom stereocenters. The molecule has 3 aromatic carbocycles. The van der Waals surface area contributed by atoms with E-state index in [1.807, 2.05) is 68.4 Å². The number of aryl methyl sites for hydroxylation is 2. The Bertz CT molecular complexity index is 1370. The SMILES string of the molecule is COc1cc(/C=C2/SC(=O)N(CC(=O)Nc3c(C)cccc3C)C2=O)cc(I)c1OCc1ccccc1. The highest BCUT2D eigenvalue weighted by Crippen LogP contribution is 2.37. The van der Waals surface area contributed by atoms with Crippen LogP contribution in [-0.4, -0.2) is 35.6 Å². The predicted octanol–water partition coefficient (Wildman–Crippen LogP) is 6.17. The van der Waals surface area contributed by atoms with Crippen LogP contribution in [0, 0.1) is 17.4 Å². The molecule has 0 atom stereocenters. The Morgan fingerprint density at radius 1 is 1.05 bits per heavy atom. The number of nitrogens with zero attached hydrogens (tertiary/aromatic N) is 1. The topological polar surface area (TPSA) is 84.9 Å². The lowest BCUT2D eigenvalue weighted by Crippen LogP contribution is -2.36. The summed E-state index contributed by atoms with van der Waals surface area (Å²) in [5, 5.41) is 2.33. The average molecular weight is 628 g/mol. The van der Waals surface area contributed by atoms with Crippen LogP contribution < -0.4 is 14.8 Å². The maximum absolute atomic E-state index is 13.0. The molecule has 1 heterocycles. The van der Waals surface area contributed by atoms with E-state index in [9.17, 15) is 14.4 Å². The van der Waals surface area contributed by atoms with E-state index in [1.165, 1.54) is 0 Å². The van der Waals surface area contributed by atoms with Crippen LogP contribution in [0.5, 0.6) is 11.5 Å². The number of amides is 3. The van der Waals surface area contributed by atoms with Gasteiger partial charge in [0.1, 0.15) is 13.2 Å². The van der Waals surface area contributed by atoms with Crippen molar-refractivity contribution in [2.75, 3.05) is 19.0 Å². The first-order valence-electron chi connectivity index (χ1n) is 11.4. The number of hydrogen-bond donors (Lipinski definition) is 1. The zero-order valence-corrected chi connectivity index (χ0v) is 23.5. The van der Waals surface area contributed by atoms with Crippen LogP contribution in [0.1, 0.15) is 22.3 Å². The smallest absolute Gasteiger partial charge is 0.294 e. The maximum atomic E-state index is 13.0. The van der Waals surface area contributed by atoms with Crippen LogP contribution in [0.3, 0.4) is 0 Å². The fraction of sp³-hybridized carbons (Fsp3) is 0.179. The zero-order chi connectivity index (χ0) is 26.5. The summed E-state index contributed by atoms with van der Waals surface area (Å²) in [5.74, 6) is 0.170. The highest BCUT2D eigenvalue weighted by Gasteiger charge is 2.36. The van der Waals surface area contributed by atoms with Crippen molar-refractivity contribution in [2.45, 2.75) is 20.5 Å². The molecule has 37 heavy (non-hydrogen) atoms. The maximum Gasteiger partial charge on any atom is 0.294 e. The standard InChI is InChI=1S/C28H25IN2O5S/c1-17-8-7-9-18(2)25(17)30-24(32)15-31-27(33)23(37-28(31)34)14-20-12-21(29)26(22(13-20)35-3)36-16-19-10-5-4-6-11-19/h4-14H,15-16H2,1-3H3,(H,30,32)/b23-14+. The highest BCUT2D eigenvalue weighted by atomic mass is 127. The number of ether oxygens (including phenoxy) is 2. The normalized spacial score (nSPS) is 14.3. The van der Waals surface area contributed by atoms with Crippen molar-refractivity contribution in [3.05, 3.63) is 91.4 Å². The van der Waals surface area contributed by atoms with Crippen LogP contribution in [0.25, 0.3) is 6.08 Å². The summed E-state index contributed by atoms with van der Waals surface area (Å²) in [7, 11) is 1.55. The van der Waals surface area contributed by atoms with E-state index in [1.54, 1.807) is 19.3 Å². The molecule has 0 aliphatic carbocycles. The summed E-state index contributed by atoms with van der Waals surface area (Å²) in [6.45, 7) is 3.80. The number of carbonyl (C=O) groups is 3. The van der Waals surface area contributed by atoms with Crippen LogP contribution in [0.15, 0.2) is 65.6 Å². The minimum Gasteiger partial charge on any atom is -0.493 e. The molecule has 1 fully saturated rings. The molecule has 0 radical (unpaired) electrons. The number of thioether (sulfide) groups is 1. The van der Waals surface area contributed by atoms with Gasteiger partial charge in [-0.2, -0.15) is 0 Å². The molecular weight excluding hydrogens is 603 g/mol. The lowest BCUT2D eigenvalue weighted by molar-refractivity contribution is -0.127. The predicted molar refractivity (Wildman–Crippen MR) is 154 cm³/mol. The zero-order valence-electron chi connectivity index (χ0n) is 20.5. The van der Waals surface area contributed by atoms with E-state index in [2.05, 4.69) is 27.9 Å². The van der Waals surface area contributed by atoms with Crippen molar-refractivity contribution in [2.24, 2.45) is 0 Å². The molecule has 0 spiro atoms. The second-order valence-corrected chi connectivity index (χ2v) is 10.5. The fourth-order valence-electron chi connectivity index (χ4n) is 3.81. The monoisotopic (exact) mass is 628 g/mol. The van der Waals surface area contributed by atoms with Gasteiger partial charge in [0, 0.05) is 5.69 Å². The second kappa shape index (κ2) is 11.8. The van der Waals surface area contributed by atoms with Gasteiger partial charge in [-0.25, -0.2) is 0 Å². The molecular formula is C28H25IN2O5S. The van der Waals surface area contributed by atoms with Crippen LogP contribution in [0.2, 0.25) is 0 Å². The Labute approximate surface area is 233 Å². The number of benzene rings is 3. The van der Waals surface area contributed by atoms with Crippen molar-refractivity contribution < 1.29 is 23.9 Å². The number of rotatable bonds is 8. The molecule has 4 rings (SSSR count). The molecule has 1 aliphatic heterocycles. The third-order valence-electron chi connectivity index (χ3n) is 5.70.